The summed E-state index contributed by atoms with van der Waals surface area (Å²) in [6, 6.07) is 0. The third kappa shape index (κ3) is 2.54. The van der Waals surface area contributed by atoms with Gasteiger partial charge >= 0.3 is 92.0 Å². The number of halogens is 3. The van der Waals surface area contributed by atoms with E-state index in [9.17, 15) is 0 Å². The van der Waals surface area contributed by atoms with Crippen molar-refractivity contribution in [2.45, 2.75) is 0 Å². The van der Waals surface area contributed by atoms with Crippen molar-refractivity contribution in [1.29, 1.82) is 2.67 Å². The molecule has 7 heteroatoms. The van der Waals surface area contributed by atoms with Crippen LogP contribution in [0.1, 0.15) is 0 Å². The third-order valence-corrected chi connectivity index (χ3v) is 9.06. The fraction of sp³-hybridized carbons (Fsp3) is 0. The standard InChI is InChI=1S/C3H5B2I3N2/c4-5(8(6)7)10-2-1-9-3-10/h1-3H,4H2/i4TD. The second-order valence-electron chi connectivity index (χ2n) is 1.60. The molecule has 1 aromatic rings. The Morgan fingerprint density at radius 1 is 2.00 bits per heavy atom. The van der Waals surface area contributed by atoms with E-state index in [0.717, 1.165) is 0 Å². The van der Waals surface area contributed by atoms with Crippen LogP contribution in [0.15, 0.2) is 18.7 Å². The van der Waals surface area contributed by atoms with Crippen molar-refractivity contribution in [3.63, 3.8) is 0 Å². The van der Waals surface area contributed by atoms with Crippen LogP contribution in [-0.4, -0.2) is 24.4 Å². The van der Waals surface area contributed by atoms with Gasteiger partial charge in [-0.3, -0.25) is 0 Å². The topological polar surface area (TPSA) is 17.8 Å². The molecule has 54 valence electrons. The molecule has 0 amide bonds. The van der Waals surface area contributed by atoms with Crippen LogP contribution in [0.2, 0.25) is 0 Å². The van der Waals surface area contributed by atoms with Gasteiger partial charge in [-0.1, -0.05) is 0 Å². The van der Waals surface area contributed by atoms with Gasteiger partial charge in [0.25, 0.3) is 0 Å². The van der Waals surface area contributed by atoms with E-state index in [1.54, 1.807) is 12.5 Å². The van der Waals surface area contributed by atoms with Gasteiger partial charge in [0, 0.05) is 0 Å². The zero-order chi connectivity index (χ0) is 9.14. The Kier molecular flexibility index (Phi) is 3.16. The molecule has 0 aliphatic carbocycles. The summed E-state index contributed by atoms with van der Waals surface area (Å²) in [6.07, 6.45) is 5.23. The molecule has 1 heterocycles. The van der Waals surface area contributed by atoms with Gasteiger partial charge in [-0.05, 0) is 0 Å². The SMILES string of the molecule is [2H]B([3H])B(n1ccnc1)I(I)I. The number of imidazole rings is 1. The van der Waals surface area contributed by atoms with Gasteiger partial charge in [0.05, 0.1) is 0 Å². The van der Waals surface area contributed by atoms with Crippen LogP contribution in [0.25, 0.3) is 0 Å². The minimum absolute atomic E-state index is 0.0397. The van der Waals surface area contributed by atoms with Crippen LogP contribution in [-0.2, 0) is 0 Å². The summed E-state index contributed by atoms with van der Waals surface area (Å²) in [5.41, 5.74) is 0. The van der Waals surface area contributed by atoms with E-state index in [4.69, 9.17) is 2.67 Å². The van der Waals surface area contributed by atoms with Crippen molar-refractivity contribution in [2.75, 3.05) is 0 Å². The monoisotopic (exact) mass is 475 g/mol. The molecule has 0 aliphatic heterocycles. The maximum absolute atomic E-state index is 7.39. The first-order chi connectivity index (χ1) is 5.63. The Bertz CT molecular complexity index is 223. The van der Waals surface area contributed by atoms with Gasteiger partial charge in [0.1, 0.15) is 0 Å². The summed E-state index contributed by atoms with van der Waals surface area (Å²) in [7, 11) is -0.779. The summed E-state index contributed by atoms with van der Waals surface area (Å²) in [5, 5.41) is 0. The molecule has 1 rings (SSSR count). The van der Waals surface area contributed by atoms with E-state index < -0.39 is 19.3 Å². The molecule has 0 saturated carbocycles. The van der Waals surface area contributed by atoms with Crippen LogP contribution >= 0.6 is 48.9 Å². The van der Waals surface area contributed by atoms with Crippen LogP contribution in [0.4, 0.5) is 0 Å². The first-order valence-electron chi connectivity index (χ1n) is 3.62. The predicted molar refractivity (Wildman–Crippen MR) is 74.0 cm³/mol. The number of aromatic nitrogens is 2. The van der Waals surface area contributed by atoms with Gasteiger partial charge in [-0.2, -0.15) is 0 Å². The van der Waals surface area contributed by atoms with Crippen molar-refractivity contribution in [1.82, 2.24) is 9.46 Å². The number of hydrogen-bond acceptors (Lipinski definition) is 1. The first-order valence-corrected chi connectivity index (χ1v) is 16.3. The summed E-state index contributed by atoms with van der Waals surface area (Å²) in [5.74, 6) is 0. The zero-order valence-corrected chi connectivity index (χ0v) is 11.4. The summed E-state index contributed by atoms with van der Waals surface area (Å²) < 4.78 is 16.7. The predicted octanol–water partition coefficient (Wildman–Crippen LogP) is 1.56. The van der Waals surface area contributed by atoms with Crippen LogP contribution in [0, 0.1) is 0 Å². The molecule has 0 spiro atoms. The van der Waals surface area contributed by atoms with Crippen LogP contribution < -0.4 is 0 Å². The van der Waals surface area contributed by atoms with Crippen molar-refractivity contribution >= 4 is 61.1 Å². The van der Waals surface area contributed by atoms with Crippen LogP contribution in [0.5, 0.6) is 0 Å². The first kappa shape index (κ1) is 6.98. The Hall–Kier alpha value is 1.53. The second-order valence-corrected chi connectivity index (χ2v) is 26.4. The fourth-order valence-electron chi connectivity index (χ4n) is 0.501. The molecule has 2 nitrogen and oxygen atoms in total. The average molecular weight is 474 g/mol. The molecular formula is C3H5B2I3N2. The van der Waals surface area contributed by atoms with E-state index in [1.165, 1.54) is 0 Å². The Morgan fingerprint density at radius 3 is 3.20 bits per heavy atom. The second kappa shape index (κ2) is 4.53. The van der Waals surface area contributed by atoms with Crippen molar-refractivity contribution < 1.29 is 0 Å². The normalized spacial score (nSPS) is 13.6. The van der Waals surface area contributed by atoms with Crippen molar-refractivity contribution in [3.05, 3.63) is 18.7 Å². The number of nitrogens with zero attached hydrogens (tertiary/aromatic N) is 2. The van der Waals surface area contributed by atoms with E-state index in [-0.39, 0.29) is 4.59 Å². The molecule has 0 aromatic carbocycles. The average Bonchev–Trinajstić information content (AvgIpc) is 2.37. The number of hydrogen-bond donors (Lipinski definition) is 0. The molecule has 0 atom stereocenters. The summed E-state index contributed by atoms with van der Waals surface area (Å²) in [4.78, 5) is 3.92. The Labute approximate surface area is 90.6 Å². The molecule has 0 bridgehead atoms. The molecule has 0 aliphatic rings. The van der Waals surface area contributed by atoms with Gasteiger partial charge in [0.15, 0.2) is 0 Å². The number of rotatable bonds is 3. The van der Waals surface area contributed by atoms with Gasteiger partial charge in [-0.15, -0.1) is 0 Å². The Morgan fingerprint density at radius 2 is 2.80 bits per heavy atom. The van der Waals surface area contributed by atoms with E-state index in [0.29, 0.717) is 0 Å². The van der Waals surface area contributed by atoms with E-state index >= 15 is 0 Å². The fourth-order valence-corrected chi connectivity index (χ4v) is 4.58. The molecule has 0 N–H and O–H groups in total. The molecule has 10 heavy (non-hydrogen) atoms. The maximum atomic E-state index is 7.39. The summed E-state index contributed by atoms with van der Waals surface area (Å²) >= 11 is 3.54. The molecule has 0 unspecified atom stereocenters. The minimum atomic E-state index is -1.21. The van der Waals surface area contributed by atoms with Gasteiger partial charge in [0.2, 0.25) is 0 Å². The third-order valence-electron chi connectivity index (χ3n) is 0.979. The molecule has 0 radical (unpaired) electrons. The molecule has 0 fully saturated rings. The summed E-state index contributed by atoms with van der Waals surface area (Å²) in [6.45, 7) is 0. The molecule has 0 saturated heterocycles. The van der Waals surface area contributed by atoms with Crippen molar-refractivity contribution in [3.8, 4) is 0 Å². The van der Waals surface area contributed by atoms with Gasteiger partial charge in [-0.25, -0.2) is 0 Å². The van der Waals surface area contributed by atoms with E-state index in [2.05, 4.69) is 42.2 Å². The van der Waals surface area contributed by atoms with Crippen molar-refractivity contribution in [2.24, 2.45) is 0 Å². The Balaban J connectivity index is 2.81. The zero-order valence-electron chi connectivity index (χ0n) is 6.92. The van der Waals surface area contributed by atoms with Gasteiger partial charge < -0.3 is 0 Å². The van der Waals surface area contributed by atoms with Crippen LogP contribution in [0.3, 0.4) is 0 Å². The quantitative estimate of drug-likeness (QED) is 0.481. The van der Waals surface area contributed by atoms with E-state index in [1.807, 2.05) is 10.7 Å². The molecular weight excluding hydrogens is 466 g/mol. The molecule has 1 aromatic heterocycles.